The van der Waals surface area contributed by atoms with E-state index in [9.17, 15) is 0 Å². The van der Waals surface area contributed by atoms with E-state index in [2.05, 4.69) is 60.3 Å². The van der Waals surface area contributed by atoms with Crippen LogP contribution in [-0.4, -0.2) is 0 Å². The molecule has 0 aromatic carbocycles. The van der Waals surface area contributed by atoms with Crippen molar-refractivity contribution in [1.29, 1.82) is 0 Å². The van der Waals surface area contributed by atoms with E-state index in [4.69, 9.17) is 0 Å². The van der Waals surface area contributed by atoms with Gasteiger partial charge in [0, 0.05) is 0 Å². The van der Waals surface area contributed by atoms with Crippen LogP contribution >= 0.6 is 39.5 Å². The average molecular weight is 346 g/mol. The van der Waals surface area contributed by atoms with Crippen molar-refractivity contribution < 1.29 is 11.6 Å². The monoisotopic (exact) mass is 343 g/mol. The van der Waals surface area contributed by atoms with Crippen molar-refractivity contribution in [2.75, 3.05) is 0 Å². The summed E-state index contributed by atoms with van der Waals surface area (Å²) in [7, 11) is 0. The van der Waals surface area contributed by atoms with Gasteiger partial charge in [0.1, 0.15) is 0 Å². The van der Waals surface area contributed by atoms with Crippen molar-refractivity contribution in [3.8, 4) is 0 Å². The van der Waals surface area contributed by atoms with Gasteiger partial charge in [-0.3, -0.25) is 0 Å². The number of rotatable bonds is 0. The first-order chi connectivity index (χ1) is 3.46. The first kappa shape index (κ1) is 12.8. The zero-order valence-electron chi connectivity index (χ0n) is 5.21. The summed E-state index contributed by atoms with van der Waals surface area (Å²) >= 11 is 8.92. The molecule has 0 unspecified atom stereocenters. The van der Waals surface area contributed by atoms with Gasteiger partial charge in [-0.2, -0.15) is 0 Å². The normalized spacial score (nSPS) is 7.88. The molecule has 0 rings (SSSR count). The molecule has 0 spiro atoms. The van der Waals surface area contributed by atoms with E-state index < -0.39 is 11.6 Å². The van der Waals surface area contributed by atoms with Crippen molar-refractivity contribution in [3.63, 3.8) is 0 Å². The second-order valence-corrected chi connectivity index (χ2v) is 25.6. The summed E-state index contributed by atoms with van der Waals surface area (Å²) in [4.78, 5) is 0. The standard InChI is InChI=1S/C4H10.3BrH.Ti/c1-4(2)3;;;;/h4H,1-3H3;3*1H;/q;;;;+3/p-3. The van der Waals surface area contributed by atoms with E-state index in [0.29, 0.717) is 0 Å². The topological polar surface area (TPSA) is 0 Å². The fourth-order valence-electron chi connectivity index (χ4n) is 0. The van der Waals surface area contributed by atoms with Crippen LogP contribution in [0.3, 0.4) is 0 Å². The summed E-state index contributed by atoms with van der Waals surface area (Å²) in [5, 5.41) is 0. The van der Waals surface area contributed by atoms with Gasteiger partial charge in [0.15, 0.2) is 0 Å². The van der Waals surface area contributed by atoms with E-state index in [1.165, 1.54) is 0 Å². The Bertz CT molecular complexity index is 26.8. The molecule has 4 heteroatoms. The Morgan fingerprint density at radius 2 is 1.00 bits per heavy atom. The van der Waals surface area contributed by atoms with Crippen LogP contribution in [0.25, 0.3) is 0 Å². The van der Waals surface area contributed by atoms with Crippen LogP contribution in [0.2, 0.25) is 0 Å². The van der Waals surface area contributed by atoms with Gasteiger partial charge in [0.2, 0.25) is 0 Å². The van der Waals surface area contributed by atoms with E-state index in [0.717, 1.165) is 5.92 Å². The van der Waals surface area contributed by atoms with Crippen LogP contribution in [0.4, 0.5) is 0 Å². The Kier molecular flexibility index (Phi) is 14.6. The van der Waals surface area contributed by atoms with Crippen LogP contribution in [0.5, 0.6) is 0 Å². The number of hydrogen-bond acceptors (Lipinski definition) is 0. The molecule has 0 heterocycles. The van der Waals surface area contributed by atoms with E-state index >= 15 is 0 Å². The molecule has 0 N–H and O–H groups in total. The van der Waals surface area contributed by atoms with Crippen LogP contribution in [0.1, 0.15) is 20.8 Å². The molecular formula is C4H10Br3Ti. The number of hydrogen-bond donors (Lipinski definition) is 0. The van der Waals surface area contributed by atoms with E-state index in [1.807, 2.05) is 0 Å². The molecule has 0 radical (unpaired) electrons. The van der Waals surface area contributed by atoms with Crippen LogP contribution in [-0.2, 0) is 11.6 Å². The third kappa shape index (κ3) is 89.9. The Hall–Kier alpha value is 2.15. The molecule has 0 nitrogen and oxygen atoms in total. The predicted molar refractivity (Wildman–Crippen MR) is 47.3 cm³/mol. The van der Waals surface area contributed by atoms with E-state index in [-0.39, 0.29) is 0 Å². The Morgan fingerprint density at radius 1 is 1.00 bits per heavy atom. The van der Waals surface area contributed by atoms with Crippen LogP contribution in [0.15, 0.2) is 0 Å². The Labute approximate surface area is 76.8 Å². The van der Waals surface area contributed by atoms with E-state index in [1.54, 1.807) is 0 Å². The zero-order valence-corrected chi connectivity index (χ0v) is 11.5. The van der Waals surface area contributed by atoms with Gasteiger partial charge >= 0.3 is 51.1 Å². The second kappa shape index (κ2) is 9.15. The minimum absolute atomic E-state index is 0.833. The van der Waals surface area contributed by atoms with Gasteiger partial charge < -0.3 is 0 Å². The maximum atomic E-state index is 3.27. The van der Waals surface area contributed by atoms with Crippen LogP contribution < -0.4 is 0 Å². The van der Waals surface area contributed by atoms with Gasteiger partial charge in [0.25, 0.3) is 0 Å². The third-order valence-corrected chi connectivity index (χ3v) is 0. The number of halogens is 3. The second-order valence-electron chi connectivity index (χ2n) is 1.95. The first-order valence-corrected chi connectivity index (χ1v) is 13.9. The molecule has 0 bridgehead atoms. The first-order valence-electron chi connectivity index (χ1n) is 2.30. The molecule has 0 aromatic heterocycles. The minimum atomic E-state index is -0.896. The Balaban J connectivity index is 0. The quantitative estimate of drug-likeness (QED) is 0.577. The summed E-state index contributed by atoms with van der Waals surface area (Å²) in [6, 6.07) is 0. The van der Waals surface area contributed by atoms with Gasteiger partial charge in [-0.15, -0.1) is 0 Å². The fraction of sp³-hybridized carbons (Fsp3) is 1.00. The Morgan fingerprint density at radius 3 is 1.00 bits per heavy atom. The molecule has 0 aliphatic heterocycles. The third-order valence-electron chi connectivity index (χ3n) is 0. The molecule has 8 heavy (non-hydrogen) atoms. The summed E-state index contributed by atoms with van der Waals surface area (Å²) in [6.45, 7) is 6.50. The molecule has 0 saturated carbocycles. The molecule has 0 aliphatic carbocycles. The molecule has 0 fully saturated rings. The zero-order chi connectivity index (χ0) is 7.15. The molecule has 0 aliphatic rings. The molecule has 0 amide bonds. The summed E-state index contributed by atoms with van der Waals surface area (Å²) in [6.07, 6.45) is 0. The van der Waals surface area contributed by atoms with Crippen molar-refractivity contribution in [2.45, 2.75) is 20.8 Å². The van der Waals surface area contributed by atoms with Gasteiger partial charge in [-0.1, -0.05) is 20.8 Å². The van der Waals surface area contributed by atoms with Crippen molar-refractivity contribution in [2.24, 2.45) is 5.92 Å². The van der Waals surface area contributed by atoms with Crippen molar-refractivity contribution in [1.82, 2.24) is 0 Å². The summed E-state index contributed by atoms with van der Waals surface area (Å²) in [5.41, 5.74) is 0. The SMILES string of the molecule is CC(C)C.[Br][Ti]([Br])[Br]. The average Bonchev–Trinajstić information content (AvgIpc) is 1.25. The molecule has 0 atom stereocenters. The molecule has 51 valence electrons. The van der Waals surface area contributed by atoms with Crippen LogP contribution in [0, 0.1) is 5.92 Å². The summed E-state index contributed by atoms with van der Waals surface area (Å²) < 4.78 is 0. The molecular weight excluding hydrogens is 336 g/mol. The predicted octanol–water partition coefficient (Wildman–Crippen LogP) is 4.20. The van der Waals surface area contributed by atoms with Gasteiger partial charge in [0.05, 0.1) is 0 Å². The maximum absolute atomic E-state index is 3.27. The molecule has 0 aromatic rings. The molecule has 0 saturated heterocycles. The summed E-state index contributed by atoms with van der Waals surface area (Å²) in [5.74, 6) is 0.833. The van der Waals surface area contributed by atoms with Gasteiger partial charge in [-0.05, 0) is 5.92 Å². The fourth-order valence-corrected chi connectivity index (χ4v) is 0. The van der Waals surface area contributed by atoms with Gasteiger partial charge in [-0.25, -0.2) is 0 Å². The van der Waals surface area contributed by atoms with Crippen molar-refractivity contribution >= 4 is 39.5 Å². The van der Waals surface area contributed by atoms with Crippen molar-refractivity contribution in [3.05, 3.63) is 0 Å².